The SMILES string of the molecule is COc1ccc(-c2cc(C(C)=O)cs2)cc1OC. The number of Topliss-reactive ketones (excluding diaryl/α,β-unsaturated/α-hetero) is 1. The summed E-state index contributed by atoms with van der Waals surface area (Å²) in [6.07, 6.45) is 0. The molecular formula is C14H14O3S. The largest absolute Gasteiger partial charge is 0.493 e. The molecule has 0 aliphatic heterocycles. The van der Waals surface area contributed by atoms with Crippen LogP contribution < -0.4 is 9.47 Å². The monoisotopic (exact) mass is 262 g/mol. The fraction of sp³-hybridized carbons (Fsp3) is 0.214. The molecule has 0 spiro atoms. The normalized spacial score (nSPS) is 10.2. The third kappa shape index (κ3) is 2.38. The Balaban J connectivity index is 2.41. The molecular weight excluding hydrogens is 248 g/mol. The van der Waals surface area contributed by atoms with Gasteiger partial charge in [-0.2, -0.15) is 0 Å². The van der Waals surface area contributed by atoms with Crippen molar-refractivity contribution in [3.63, 3.8) is 0 Å². The van der Waals surface area contributed by atoms with Crippen LogP contribution in [0.15, 0.2) is 29.6 Å². The van der Waals surface area contributed by atoms with Gasteiger partial charge in [-0.25, -0.2) is 0 Å². The number of ether oxygens (including phenoxy) is 2. The van der Waals surface area contributed by atoms with E-state index >= 15 is 0 Å². The van der Waals surface area contributed by atoms with E-state index in [4.69, 9.17) is 9.47 Å². The van der Waals surface area contributed by atoms with Crippen LogP contribution in [0.1, 0.15) is 17.3 Å². The van der Waals surface area contributed by atoms with Gasteiger partial charge in [0.25, 0.3) is 0 Å². The Morgan fingerprint density at radius 2 is 1.83 bits per heavy atom. The van der Waals surface area contributed by atoms with E-state index in [2.05, 4.69) is 0 Å². The Hall–Kier alpha value is -1.81. The molecule has 0 fully saturated rings. The first kappa shape index (κ1) is 12.6. The maximum atomic E-state index is 11.3. The fourth-order valence-corrected chi connectivity index (χ4v) is 2.61. The van der Waals surface area contributed by atoms with E-state index < -0.39 is 0 Å². The van der Waals surface area contributed by atoms with Gasteiger partial charge in [0.15, 0.2) is 17.3 Å². The van der Waals surface area contributed by atoms with Crippen LogP contribution in [0.4, 0.5) is 0 Å². The van der Waals surface area contributed by atoms with Crippen molar-refractivity contribution in [3.05, 3.63) is 35.2 Å². The number of methoxy groups -OCH3 is 2. The third-order valence-corrected chi connectivity index (χ3v) is 3.65. The van der Waals surface area contributed by atoms with E-state index in [1.165, 1.54) is 0 Å². The van der Waals surface area contributed by atoms with Crippen LogP contribution in [-0.2, 0) is 0 Å². The number of hydrogen-bond acceptors (Lipinski definition) is 4. The van der Waals surface area contributed by atoms with Gasteiger partial charge in [-0.05, 0) is 36.8 Å². The summed E-state index contributed by atoms with van der Waals surface area (Å²) < 4.78 is 10.5. The molecule has 0 saturated carbocycles. The number of carbonyl (C=O) groups is 1. The number of thiophene rings is 1. The molecule has 0 aliphatic rings. The Kier molecular flexibility index (Phi) is 3.67. The topological polar surface area (TPSA) is 35.5 Å². The van der Waals surface area contributed by atoms with Crippen LogP contribution in [0, 0.1) is 0 Å². The van der Waals surface area contributed by atoms with Crippen LogP contribution in [0.25, 0.3) is 10.4 Å². The molecule has 1 aromatic carbocycles. The summed E-state index contributed by atoms with van der Waals surface area (Å²) in [5.41, 5.74) is 1.76. The maximum absolute atomic E-state index is 11.3. The van der Waals surface area contributed by atoms with Gasteiger partial charge in [0.1, 0.15) is 0 Å². The Morgan fingerprint density at radius 1 is 1.11 bits per heavy atom. The second-order valence-corrected chi connectivity index (χ2v) is 4.74. The molecule has 0 atom stereocenters. The highest BCUT2D eigenvalue weighted by atomic mass is 32.1. The average Bonchev–Trinajstić information content (AvgIpc) is 2.87. The number of hydrogen-bond donors (Lipinski definition) is 0. The summed E-state index contributed by atoms with van der Waals surface area (Å²) in [5.74, 6) is 1.47. The van der Waals surface area contributed by atoms with Crippen LogP contribution in [0.5, 0.6) is 11.5 Å². The molecule has 3 nitrogen and oxygen atoms in total. The molecule has 4 heteroatoms. The fourth-order valence-electron chi connectivity index (χ4n) is 1.66. The highest BCUT2D eigenvalue weighted by Gasteiger charge is 2.09. The molecule has 94 valence electrons. The molecule has 0 amide bonds. The van der Waals surface area contributed by atoms with Crippen molar-refractivity contribution in [2.75, 3.05) is 14.2 Å². The number of ketones is 1. The van der Waals surface area contributed by atoms with Crippen LogP contribution in [-0.4, -0.2) is 20.0 Å². The molecule has 2 rings (SSSR count). The van der Waals surface area contributed by atoms with Gasteiger partial charge >= 0.3 is 0 Å². The molecule has 0 radical (unpaired) electrons. The summed E-state index contributed by atoms with van der Waals surface area (Å²) >= 11 is 1.55. The first-order valence-corrected chi connectivity index (χ1v) is 6.35. The molecule has 2 aromatic rings. The summed E-state index contributed by atoms with van der Waals surface area (Å²) in [5, 5.41) is 1.87. The van der Waals surface area contributed by atoms with Crippen molar-refractivity contribution in [2.45, 2.75) is 6.92 Å². The summed E-state index contributed by atoms with van der Waals surface area (Å²) in [4.78, 5) is 12.3. The Morgan fingerprint density at radius 3 is 2.39 bits per heavy atom. The lowest BCUT2D eigenvalue weighted by molar-refractivity contribution is 0.101. The van der Waals surface area contributed by atoms with Crippen LogP contribution in [0.2, 0.25) is 0 Å². The van der Waals surface area contributed by atoms with Crippen molar-refractivity contribution < 1.29 is 14.3 Å². The molecule has 0 N–H and O–H groups in total. The summed E-state index contributed by atoms with van der Waals surface area (Å²) in [6, 6.07) is 7.63. The molecule has 0 aliphatic carbocycles. The minimum absolute atomic E-state index is 0.0815. The first-order valence-electron chi connectivity index (χ1n) is 5.47. The van der Waals surface area contributed by atoms with E-state index in [0.717, 1.165) is 16.0 Å². The van der Waals surface area contributed by atoms with Crippen molar-refractivity contribution in [1.82, 2.24) is 0 Å². The van der Waals surface area contributed by atoms with Crippen LogP contribution in [0.3, 0.4) is 0 Å². The molecule has 0 bridgehead atoms. The predicted molar refractivity (Wildman–Crippen MR) is 72.9 cm³/mol. The van der Waals surface area contributed by atoms with Crippen molar-refractivity contribution in [1.29, 1.82) is 0 Å². The van der Waals surface area contributed by atoms with E-state index in [1.54, 1.807) is 32.5 Å². The van der Waals surface area contributed by atoms with Gasteiger partial charge in [-0.1, -0.05) is 0 Å². The number of rotatable bonds is 4. The lowest BCUT2D eigenvalue weighted by atomic mass is 10.1. The minimum Gasteiger partial charge on any atom is -0.493 e. The zero-order valence-electron chi connectivity index (χ0n) is 10.5. The van der Waals surface area contributed by atoms with Gasteiger partial charge in [0.05, 0.1) is 14.2 Å². The Bertz CT molecular complexity index is 572. The molecule has 18 heavy (non-hydrogen) atoms. The quantitative estimate of drug-likeness (QED) is 0.789. The van der Waals surface area contributed by atoms with E-state index in [9.17, 15) is 4.79 Å². The number of carbonyl (C=O) groups excluding carboxylic acids is 1. The van der Waals surface area contributed by atoms with Gasteiger partial charge in [0.2, 0.25) is 0 Å². The van der Waals surface area contributed by atoms with Gasteiger partial charge < -0.3 is 9.47 Å². The summed E-state index contributed by atoms with van der Waals surface area (Å²) in [6.45, 7) is 1.57. The lowest BCUT2D eigenvalue weighted by Gasteiger charge is -2.08. The first-order chi connectivity index (χ1) is 8.65. The second-order valence-electron chi connectivity index (χ2n) is 3.83. The third-order valence-electron chi connectivity index (χ3n) is 2.67. The zero-order chi connectivity index (χ0) is 13.1. The van der Waals surface area contributed by atoms with E-state index in [0.29, 0.717) is 11.5 Å². The molecule has 0 unspecified atom stereocenters. The lowest BCUT2D eigenvalue weighted by Crippen LogP contribution is -1.90. The van der Waals surface area contributed by atoms with Crippen LogP contribution >= 0.6 is 11.3 Å². The zero-order valence-corrected chi connectivity index (χ0v) is 11.3. The number of benzene rings is 1. The molecule has 0 saturated heterocycles. The standard InChI is InChI=1S/C14H14O3S/c1-9(15)11-7-14(18-8-11)10-4-5-12(16-2)13(6-10)17-3/h4-8H,1-3H3. The maximum Gasteiger partial charge on any atom is 0.161 e. The highest BCUT2D eigenvalue weighted by Crippen LogP contribution is 2.34. The van der Waals surface area contributed by atoms with Crippen molar-refractivity contribution in [2.24, 2.45) is 0 Å². The molecule has 1 aromatic heterocycles. The van der Waals surface area contributed by atoms with E-state index in [-0.39, 0.29) is 5.78 Å². The minimum atomic E-state index is 0.0815. The smallest absolute Gasteiger partial charge is 0.161 e. The summed E-state index contributed by atoms with van der Waals surface area (Å²) in [7, 11) is 3.22. The average molecular weight is 262 g/mol. The van der Waals surface area contributed by atoms with Gasteiger partial charge in [-0.3, -0.25) is 4.79 Å². The second kappa shape index (κ2) is 5.23. The van der Waals surface area contributed by atoms with Crippen molar-refractivity contribution >= 4 is 17.1 Å². The highest BCUT2D eigenvalue weighted by molar-refractivity contribution is 7.13. The van der Waals surface area contributed by atoms with E-state index in [1.807, 2.05) is 29.6 Å². The van der Waals surface area contributed by atoms with Gasteiger partial charge in [-0.15, -0.1) is 11.3 Å². The van der Waals surface area contributed by atoms with Crippen molar-refractivity contribution in [3.8, 4) is 21.9 Å². The predicted octanol–water partition coefficient (Wildman–Crippen LogP) is 3.63. The van der Waals surface area contributed by atoms with Gasteiger partial charge in [0, 0.05) is 15.8 Å². The Labute approximate surface area is 110 Å². The molecule has 1 heterocycles.